The zero-order chi connectivity index (χ0) is 17.5. The number of hydrogen-bond donors (Lipinski definition) is 0. The van der Waals surface area contributed by atoms with E-state index in [1.807, 2.05) is 6.08 Å². The highest BCUT2D eigenvalue weighted by atomic mass is 14.0. The average Bonchev–Trinajstić information content (AvgIpc) is 2.49. The minimum absolute atomic E-state index is 1.09. The van der Waals surface area contributed by atoms with Gasteiger partial charge in [0, 0.05) is 0 Å². The van der Waals surface area contributed by atoms with Crippen LogP contribution in [0.15, 0.2) is 59.3 Å². The molecule has 0 radical (unpaired) electrons. The Hall–Kier alpha value is -1.30. The summed E-state index contributed by atoms with van der Waals surface area (Å²) in [5, 5.41) is 0. The SMILES string of the molecule is C=CCC/C(C)=C\CC/C=C(/C)CC/C=C(/C)CCC=C(C)C. The van der Waals surface area contributed by atoms with Gasteiger partial charge in [0.2, 0.25) is 0 Å². The molecule has 0 saturated heterocycles. The van der Waals surface area contributed by atoms with E-state index >= 15 is 0 Å². The molecule has 0 aromatic heterocycles. The standard InChI is InChI=1S/C23H38/c1-7-8-14-21(4)15-9-10-16-22(5)18-12-19-23(6)17-11-13-20(2)3/h7,13,15-16,19H,1,8-12,14,17-18H2,2-6H3/b21-15-,22-16-,23-19-. The molecule has 0 saturated carbocycles. The van der Waals surface area contributed by atoms with Crippen LogP contribution in [0.25, 0.3) is 0 Å². The Morgan fingerprint density at radius 1 is 0.565 bits per heavy atom. The minimum atomic E-state index is 1.09. The van der Waals surface area contributed by atoms with Crippen LogP contribution in [0.1, 0.15) is 86.0 Å². The Labute approximate surface area is 145 Å². The highest BCUT2D eigenvalue weighted by Gasteiger charge is 1.92. The van der Waals surface area contributed by atoms with E-state index in [2.05, 4.69) is 65.5 Å². The summed E-state index contributed by atoms with van der Waals surface area (Å²) in [5.74, 6) is 0. The third-order valence-electron chi connectivity index (χ3n) is 4.02. The molecule has 0 aliphatic carbocycles. The predicted molar refractivity (Wildman–Crippen MR) is 108 cm³/mol. The fourth-order valence-electron chi connectivity index (χ4n) is 2.43. The number of allylic oxidation sites excluding steroid dienone is 9. The van der Waals surface area contributed by atoms with E-state index in [1.54, 1.807) is 0 Å². The summed E-state index contributed by atoms with van der Waals surface area (Å²) >= 11 is 0. The molecule has 0 nitrogen and oxygen atoms in total. The zero-order valence-electron chi connectivity index (χ0n) is 16.3. The lowest BCUT2D eigenvalue weighted by Gasteiger charge is -2.02. The maximum Gasteiger partial charge on any atom is -0.0288 e. The molecule has 0 fully saturated rings. The highest BCUT2D eigenvalue weighted by Crippen LogP contribution is 2.13. The van der Waals surface area contributed by atoms with Crippen molar-refractivity contribution >= 4 is 0 Å². The smallest absolute Gasteiger partial charge is 0.0288 e. The molecule has 0 aliphatic heterocycles. The number of unbranched alkanes of at least 4 members (excludes halogenated alkanes) is 1. The first kappa shape index (κ1) is 21.7. The zero-order valence-corrected chi connectivity index (χ0v) is 16.3. The second-order valence-corrected chi connectivity index (χ2v) is 6.91. The molecule has 0 rings (SSSR count). The fraction of sp³-hybridized carbons (Fsp3) is 0.565. The lowest BCUT2D eigenvalue weighted by Crippen LogP contribution is -1.81. The van der Waals surface area contributed by atoms with Gasteiger partial charge in [0.05, 0.1) is 0 Å². The molecule has 130 valence electrons. The molecule has 0 unspecified atom stereocenters. The lowest BCUT2D eigenvalue weighted by molar-refractivity contribution is 0.902. The second kappa shape index (κ2) is 14.3. The Morgan fingerprint density at radius 2 is 0.957 bits per heavy atom. The third kappa shape index (κ3) is 15.4. The fourth-order valence-corrected chi connectivity index (χ4v) is 2.43. The number of rotatable bonds is 12. The minimum Gasteiger partial charge on any atom is -0.103 e. The summed E-state index contributed by atoms with van der Waals surface area (Å²) in [6, 6.07) is 0. The molecule has 0 N–H and O–H groups in total. The van der Waals surface area contributed by atoms with E-state index in [4.69, 9.17) is 0 Å². The first-order valence-corrected chi connectivity index (χ1v) is 9.16. The Kier molecular flexibility index (Phi) is 13.5. The Morgan fingerprint density at radius 3 is 1.39 bits per heavy atom. The van der Waals surface area contributed by atoms with Crippen molar-refractivity contribution < 1.29 is 0 Å². The van der Waals surface area contributed by atoms with Gasteiger partial charge in [0.25, 0.3) is 0 Å². The molecule has 0 heteroatoms. The van der Waals surface area contributed by atoms with Crippen molar-refractivity contribution in [3.05, 3.63) is 59.3 Å². The van der Waals surface area contributed by atoms with Crippen molar-refractivity contribution in [1.29, 1.82) is 0 Å². The van der Waals surface area contributed by atoms with Gasteiger partial charge in [-0.05, 0) is 86.0 Å². The van der Waals surface area contributed by atoms with Crippen molar-refractivity contribution in [1.82, 2.24) is 0 Å². The normalized spacial score (nSPS) is 13.2. The maximum absolute atomic E-state index is 3.77. The highest BCUT2D eigenvalue weighted by molar-refractivity contribution is 5.06. The van der Waals surface area contributed by atoms with Gasteiger partial charge in [-0.15, -0.1) is 6.58 Å². The van der Waals surface area contributed by atoms with Crippen LogP contribution < -0.4 is 0 Å². The van der Waals surface area contributed by atoms with Crippen molar-refractivity contribution in [2.45, 2.75) is 86.0 Å². The van der Waals surface area contributed by atoms with E-state index in [0.29, 0.717) is 0 Å². The van der Waals surface area contributed by atoms with Crippen LogP contribution in [0.3, 0.4) is 0 Å². The lowest BCUT2D eigenvalue weighted by atomic mass is 10.0. The van der Waals surface area contributed by atoms with Crippen molar-refractivity contribution in [3.8, 4) is 0 Å². The first-order valence-electron chi connectivity index (χ1n) is 9.16. The maximum atomic E-state index is 3.77. The summed E-state index contributed by atoms with van der Waals surface area (Å²) in [6.45, 7) is 14.9. The molecule has 0 bridgehead atoms. The molecule has 0 aromatic rings. The predicted octanol–water partition coefficient (Wildman–Crippen LogP) is 8.10. The Bertz CT molecular complexity index is 437. The van der Waals surface area contributed by atoms with E-state index in [9.17, 15) is 0 Å². The third-order valence-corrected chi connectivity index (χ3v) is 4.02. The molecule has 0 atom stereocenters. The quantitative estimate of drug-likeness (QED) is 0.252. The molecule has 0 aliphatic rings. The van der Waals surface area contributed by atoms with Gasteiger partial charge in [-0.25, -0.2) is 0 Å². The summed E-state index contributed by atoms with van der Waals surface area (Å²) < 4.78 is 0. The van der Waals surface area contributed by atoms with E-state index < -0.39 is 0 Å². The van der Waals surface area contributed by atoms with E-state index in [1.165, 1.54) is 54.4 Å². The summed E-state index contributed by atoms with van der Waals surface area (Å²) in [4.78, 5) is 0. The van der Waals surface area contributed by atoms with Crippen LogP contribution in [0.5, 0.6) is 0 Å². The van der Waals surface area contributed by atoms with Crippen LogP contribution in [0, 0.1) is 0 Å². The average molecular weight is 315 g/mol. The first-order chi connectivity index (χ1) is 11.0. The summed E-state index contributed by atoms with van der Waals surface area (Å²) in [5.41, 5.74) is 5.96. The Balaban J connectivity index is 3.93. The van der Waals surface area contributed by atoms with Crippen molar-refractivity contribution in [2.24, 2.45) is 0 Å². The molecular formula is C23H38. The van der Waals surface area contributed by atoms with Gasteiger partial charge >= 0.3 is 0 Å². The molecule has 0 heterocycles. The van der Waals surface area contributed by atoms with Crippen molar-refractivity contribution in [2.75, 3.05) is 0 Å². The number of hydrogen-bond acceptors (Lipinski definition) is 0. The largest absolute Gasteiger partial charge is 0.103 e. The second-order valence-electron chi connectivity index (χ2n) is 6.91. The topological polar surface area (TPSA) is 0 Å². The molecule has 0 aromatic carbocycles. The van der Waals surface area contributed by atoms with Gasteiger partial charge in [-0.1, -0.05) is 52.7 Å². The van der Waals surface area contributed by atoms with Gasteiger partial charge in [-0.2, -0.15) is 0 Å². The van der Waals surface area contributed by atoms with Gasteiger partial charge in [0.1, 0.15) is 0 Å². The molecular weight excluding hydrogens is 276 g/mol. The van der Waals surface area contributed by atoms with Gasteiger partial charge in [0.15, 0.2) is 0 Å². The van der Waals surface area contributed by atoms with Crippen LogP contribution in [0.4, 0.5) is 0 Å². The van der Waals surface area contributed by atoms with E-state index in [0.717, 1.165) is 19.3 Å². The van der Waals surface area contributed by atoms with Crippen LogP contribution in [-0.4, -0.2) is 0 Å². The van der Waals surface area contributed by atoms with Gasteiger partial charge < -0.3 is 0 Å². The van der Waals surface area contributed by atoms with Crippen LogP contribution in [0.2, 0.25) is 0 Å². The molecule has 0 spiro atoms. The molecule has 23 heavy (non-hydrogen) atoms. The monoisotopic (exact) mass is 314 g/mol. The van der Waals surface area contributed by atoms with Crippen LogP contribution >= 0.6 is 0 Å². The van der Waals surface area contributed by atoms with Gasteiger partial charge in [-0.3, -0.25) is 0 Å². The van der Waals surface area contributed by atoms with Crippen molar-refractivity contribution in [3.63, 3.8) is 0 Å². The van der Waals surface area contributed by atoms with Crippen LogP contribution in [-0.2, 0) is 0 Å². The summed E-state index contributed by atoms with van der Waals surface area (Å²) in [7, 11) is 0. The van der Waals surface area contributed by atoms with E-state index in [-0.39, 0.29) is 0 Å². The molecule has 0 amide bonds. The summed E-state index contributed by atoms with van der Waals surface area (Å²) in [6.07, 6.45) is 20.8.